The largest absolute Gasteiger partial charge is 0.331 e. The molecule has 0 aliphatic rings. The Morgan fingerprint density at radius 2 is 1.27 bits per heavy atom. The zero-order valence-corrected chi connectivity index (χ0v) is 25.7. The molecule has 0 unspecified atom stereocenters. The SMILES string of the molecule is O=C(Cn1c2ccccc2c(=O)c2ccccc21)NN=Cc1cc(-c2ccccc2)n(-c2ccc(Br)cc2)c1-c1ccccc1. The molecule has 2 heterocycles. The van der Waals surface area contributed by atoms with Crippen LogP contribution in [0.25, 0.3) is 50.0 Å². The number of rotatable bonds is 7. The number of aromatic nitrogens is 2. The fraction of sp³-hybridized carbons (Fsp3) is 0.0263. The van der Waals surface area contributed by atoms with Gasteiger partial charge in [0.05, 0.1) is 28.6 Å². The molecular weight excluding hydrogens is 624 g/mol. The van der Waals surface area contributed by atoms with Crippen LogP contribution >= 0.6 is 15.9 Å². The van der Waals surface area contributed by atoms with E-state index in [1.54, 1.807) is 18.3 Å². The molecule has 0 atom stereocenters. The zero-order chi connectivity index (χ0) is 30.8. The first-order valence-corrected chi connectivity index (χ1v) is 15.3. The van der Waals surface area contributed by atoms with Crippen molar-refractivity contribution in [2.45, 2.75) is 6.54 Å². The Hall–Kier alpha value is -5.53. The van der Waals surface area contributed by atoms with E-state index in [9.17, 15) is 9.59 Å². The molecule has 0 saturated heterocycles. The number of benzene rings is 5. The van der Waals surface area contributed by atoms with Gasteiger partial charge >= 0.3 is 0 Å². The number of fused-ring (bicyclic) bond motifs is 2. The first-order valence-electron chi connectivity index (χ1n) is 14.5. The third kappa shape index (κ3) is 5.50. The van der Waals surface area contributed by atoms with Crippen LogP contribution in [0.15, 0.2) is 154 Å². The highest BCUT2D eigenvalue weighted by Gasteiger charge is 2.19. The van der Waals surface area contributed by atoms with Gasteiger partial charge in [-0.3, -0.25) is 9.59 Å². The summed E-state index contributed by atoms with van der Waals surface area (Å²) in [6.45, 7) is -0.000636. The average Bonchev–Trinajstić information content (AvgIpc) is 3.47. The molecule has 45 heavy (non-hydrogen) atoms. The Balaban J connectivity index is 1.28. The van der Waals surface area contributed by atoms with E-state index in [1.165, 1.54) is 0 Å². The summed E-state index contributed by atoms with van der Waals surface area (Å²) < 4.78 is 5.08. The molecule has 5 aromatic carbocycles. The molecule has 7 aromatic rings. The van der Waals surface area contributed by atoms with Crippen molar-refractivity contribution in [3.63, 3.8) is 0 Å². The van der Waals surface area contributed by atoms with E-state index in [1.807, 2.05) is 89.5 Å². The molecule has 0 spiro atoms. The molecule has 7 rings (SSSR count). The van der Waals surface area contributed by atoms with Gasteiger partial charge in [0.1, 0.15) is 6.54 Å². The van der Waals surface area contributed by atoms with Crippen molar-refractivity contribution in [1.29, 1.82) is 0 Å². The number of nitrogens with one attached hydrogen (secondary N) is 1. The maximum absolute atomic E-state index is 13.3. The van der Waals surface area contributed by atoms with E-state index in [4.69, 9.17) is 0 Å². The van der Waals surface area contributed by atoms with Crippen molar-refractivity contribution >= 4 is 49.9 Å². The summed E-state index contributed by atoms with van der Waals surface area (Å²) in [6.07, 6.45) is 1.70. The number of carbonyl (C=O) groups excluding carboxylic acids is 1. The van der Waals surface area contributed by atoms with E-state index in [-0.39, 0.29) is 17.9 Å². The van der Waals surface area contributed by atoms with E-state index in [0.29, 0.717) is 21.8 Å². The lowest BCUT2D eigenvalue weighted by molar-refractivity contribution is -0.121. The summed E-state index contributed by atoms with van der Waals surface area (Å²) in [5.41, 5.74) is 9.95. The van der Waals surface area contributed by atoms with Crippen molar-refractivity contribution in [2.75, 3.05) is 0 Å². The van der Waals surface area contributed by atoms with E-state index in [0.717, 1.165) is 38.2 Å². The molecular formula is C38H27BrN4O2. The van der Waals surface area contributed by atoms with Gasteiger partial charge in [0.2, 0.25) is 0 Å². The lowest BCUT2D eigenvalue weighted by Gasteiger charge is -2.15. The number of pyridine rings is 1. The average molecular weight is 652 g/mol. The first-order chi connectivity index (χ1) is 22.1. The maximum atomic E-state index is 13.3. The molecule has 7 heteroatoms. The van der Waals surface area contributed by atoms with Gasteiger partial charge in [-0.15, -0.1) is 0 Å². The molecule has 0 bridgehead atoms. The van der Waals surface area contributed by atoms with Crippen LogP contribution in [-0.4, -0.2) is 21.3 Å². The Bertz CT molecular complexity index is 2190. The predicted molar refractivity (Wildman–Crippen MR) is 186 cm³/mol. The molecule has 1 N–H and O–H groups in total. The Labute approximate surface area is 268 Å². The van der Waals surface area contributed by atoms with Crippen molar-refractivity contribution in [1.82, 2.24) is 14.6 Å². The number of amides is 1. The van der Waals surface area contributed by atoms with E-state index in [2.05, 4.69) is 73.5 Å². The molecule has 0 radical (unpaired) electrons. The Kier molecular flexibility index (Phi) is 7.68. The van der Waals surface area contributed by atoms with Gasteiger partial charge in [-0.05, 0) is 65.7 Å². The number of carbonyl (C=O) groups is 1. The van der Waals surface area contributed by atoms with Gasteiger partial charge < -0.3 is 9.13 Å². The smallest absolute Gasteiger partial charge is 0.260 e. The number of hydrogen-bond donors (Lipinski definition) is 1. The van der Waals surface area contributed by atoms with Gasteiger partial charge in [0.15, 0.2) is 5.43 Å². The van der Waals surface area contributed by atoms with Crippen LogP contribution in [0.3, 0.4) is 0 Å². The summed E-state index contributed by atoms with van der Waals surface area (Å²) in [5, 5.41) is 5.58. The summed E-state index contributed by atoms with van der Waals surface area (Å²) in [5.74, 6) is -0.304. The van der Waals surface area contributed by atoms with Crippen LogP contribution in [0.4, 0.5) is 0 Å². The quantitative estimate of drug-likeness (QED) is 0.107. The number of hydrazone groups is 1. The van der Waals surface area contributed by atoms with Crippen molar-refractivity contribution in [3.8, 4) is 28.2 Å². The Morgan fingerprint density at radius 3 is 1.89 bits per heavy atom. The number of nitrogens with zero attached hydrogens (tertiary/aromatic N) is 3. The highest BCUT2D eigenvalue weighted by atomic mass is 79.9. The second-order valence-electron chi connectivity index (χ2n) is 10.6. The molecule has 0 saturated carbocycles. The molecule has 218 valence electrons. The predicted octanol–water partition coefficient (Wildman–Crippen LogP) is 8.19. The minimum absolute atomic E-state index is 0.000636. The van der Waals surface area contributed by atoms with Gasteiger partial charge in [0, 0.05) is 26.5 Å². The minimum Gasteiger partial charge on any atom is -0.331 e. The second kappa shape index (κ2) is 12.2. The maximum Gasteiger partial charge on any atom is 0.260 e. The van der Waals surface area contributed by atoms with Crippen LogP contribution in [-0.2, 0) is 11.3 Å². The summed E-state index contributed by atoms with van der Waals surface area (Å²) in [7, 11) is 0. The van der Waals surface area contributed by atoms with Crippen LogP contribution < -0.4 is 10.9 Å². The topological polar surface area (TPSA) is 68.4 Å². The lowest BCUT2D eigenvalue weighted by atomic mass is 10.1. The molecule has 2 aromatic heterocycles. The normalized spacial score (nSPS) is 11.4. The van der Waals surface area contributed by atoms with Crippen molar-refractivity contribution in [2.24, 2.45) is 5.10 Å². The zero-order valence-electron chi connectivity index (χ0n) is 24.1. The standard InChI is InChI=1S/C38H27BrN4O2/c39-29-19-21-30(22-20-29)43-35(26-11-3-1-4-12-26)23-28(37(43)27-13-5-2-6-14-27)24-40-41-36(44)25-42-33-17-9-7-15-31(33)38(45)32-16-8-10-18-34(32)42/h1-24H,25H2,(H,41,44). The minimum atomic E-state index is -0.304. The highest BCUT2D eigenvalue weighted by Crippen LogP contribution is 2.35. The fourth-order valence-corrected chi connectivity index (χ4v) is 6.06. The third-order valence-electron chi connectivity index (χ3n) is 7.81. The van der Waals surface area contributed by atoms with Crippen LogP contribution in [0.5, 0.6) is 0 Å². The van der Waals surface area contributed by atoms with Gasteiger partial charge in [-0.25, -0.2) is 5.43 Å². The fourth-order valence-electron chi connectivity index (χ4n) is 5.80. The van der Waals surface area contributed by atoms with E-state index < -0.39 is 0 Å². The highest BCUT2D eigenvalue weighted by molar-refractivity contribution is 9.10. The number of para-hydroxylation sites is 2. The van der Waals surface area contributed by atoms with Crippen LogP contribution in [0.2, 0.25) is 0 Å². The van der Waals surface area contributed by atoms with Crippen LogP contribution in [0, 0.1) is 0 Å². The summed E-state index contributed by atoms with van der Waals surface area (Å²) >= 11 is 3.56. The summed E-state index contributed by atoms with van der Waals surface area (Å²) in [4.78, 5) is 26.5. The third-order valence-corrected chi connectivity index (χ3v) is 8.33. The molecule has 0 aliphatic carbocycles. The molecule has 6 nitrogen and oxygen atoms in total. The number of hydrogen-bond acceptors (Lipinski definition) is 3. The molecule has 1 amide bonds. The van der Waals surface area contributed by atoms with Crippen molar-refractivity contribution < 1.29 is 4.79 Å². The Morgan fingerprint density at radius 1 is 0.711 bits per heavy atom. The van der Waals surface area contributed by atoms with E-state index >= 15 is 0 Å². The van der Waals surface area contributed by atoms with Crippen molar-refractivity contribution in [3.05, 3.63) is 160 Å². The second-order valence-corrected chi connectivity index (χ2v) is 11.5. The van der Waals surface area contributed by atoms with Gasteiger partial charge in [0.25, 0.3) is 5.91 Å². The van der Waals surface area contributed by atoms with Gasteiger partial charge in [-0.2, -0.15) is 5.10 Å². The molecule has 0 fully saturated rings. The first kappa shape index (κ1) is 28.3. The van der Waals surface area contributed by atoms with Crippen LogP contribution in [0.1, 0.15) is 5.56 Å². The molecule has 0 aliphatic heterocycles. The number of halogens is 1. The van der Waals surface area contributed by atoms with Gasteiger partial charge in [-0.1, -0.05) is 101 Å². The lowest BCUT2D eigenvalue weighted by Crippen LogP contribution is -2.25. The summed E-state index contributed by atoms with van der Waals surface area (Å²) in [6, 6.07) is 45.4. The monoisotopic (exact) mass is 650 g/mol.